The number of carbonyl (C=O) groups excluding carboxylic acids is 2. The van der Waals surface area contributed by atoms with E-state index in [1.807, 2.05) is 41.3 Å². The number of amides is 2. The van der Waals surface area contributed by atoms with E-state index in [1.54, 1.807) is 0 Å². The van der Waals surface area contributed by atoms with Crippen molar-refractivity contribution in [1.29, 1.82) is 0 Å². The van der Waals surface area contributed by atoms with Crippen molar-refractivity contribution in [3.05, 3.63) is 111 Å². The highest BCUT2D eigenvalue weighted by Crippen LogP contribution is 2.31. The van der Waals surface area contributed by atoms with Crippen LogP contribution in [0.5, 0.6) is 11.5 Å². The van der Waals surface area contributed by atoms with E-state index >= 15 is 0 Å². The maximum Gasteiger partial charge on any atom is 0.287 e. The Labute approximate surface area is 272 Å². The number of likely N-dealkylation sites (tertiary alicyclic amines) is 1. The van der Waals surface area contributed by atoms with Crippen LogP contribution >= 0.6 is 11.6 Å². The lowest BCUT2D eigenvalue weighted by Gasteiger charge is -2.33. The third kappa shape index (κ3) is 7.05. The summed E-state index contributed by atoms with van der Waals surface area (Å²) in [6, 6.07) is 19.2. The minimum atomic E-state index is -0.523. The van der Waals surface area contributed by atoms with Crippen LogP contribution in [0, 0.1) is 0 Å². The van der Waals surface area contributed by atoms with E-state index in [0.29, 0.717) is 24.4 Å². The Balaban J connectivity index is 1.20. The summed E-state index contributed by atoms with van der Waals surface area (Å²) in [6.45, 7) is 3.06. The number of anilines is 1. The fraction of sp³-hybridized carbons (Fsp3) is 0.306. The monoisotopic (exact) mass is 641 g/mol. The predicted molar refractivity (Wildman–Crippen MR) is 178 cm³/mol. The molecule has 0 saturated carbocycles. The van der Waals surface area contributed by atoms with E-state index in [1.165, 1.54) is 24.8 Å². The molecule has 10 heteroatoms. The van der Waals surface area contributed by atoms with Crippen molar-refractivity contribution in [2.45, 2.75) is 44.7 Å². The van der Waals surface area contributed by atoms with Crippen molar-refractivity contribution >= 4 is 40.1 Å². The van der Waals surface area contributed by atoms with Gasteiger partial charge in [0.25, 0.3) is 5.91 Å². The van der Waals surface area contributed by atoms with E-state index in [9.17, 15) is 19.5 Å². The predicted octanol–water partition coefficient (Wildman–Crippen LogP) is 5.85. The van der Waals surface area contributed by atoms with Gasteiger partial charge >= 0.3 is 0 Å². The highest BCUT2D eigenvalue weighted by molar-refractivity contribution is 6.30. The zero-order valence-electron chi connectivity index (χ0n) is 25.6. The summed E-state index contributed by atoms with van der Waals surface area (Å²) in [5.74, 6) is -0.491. The number of nitrogens with one attached hydrogen (secondary N) is 1. The Morgan fingerprint density at radius 3 is 2.52 bits per heavy atom. The standard InChI is InChI=1S/C36H36ClN3O6/c1-45-33-21-32-28(19-31(33)42)30(41)20-34(46-32)36(44)38-27(17-23-8-10-26(37)11-9-23)18-24-12-15-39(16-13-24)29-6-3-2-5-25(29)22-40-14-4-7-35(40)43/h2-3,5-6,8-11,18-21,27,42H,4,7,12-17,22H2,1H3,(H,38,44)/t27-/m0/s1. The Morgan fingerprint density at radius 1 is 1.04 bits per heavy atom. The zero-order valence-corrected chi connectivity index (χ0v) is 26.4. The lowest BCUT2D eigenvalue weighted by molar-refractivity contribution is -0.128. The molecule has 3 aromatic carbocycles. The average molecular weight is 642 g/mol. The fourth-order valence-corrected chi connectivity index (χ4v) is 6.35. The molecule has 6 rings (SSSR count). The van der Waals surface area contributed by atoms with Crippen LogP contribution in [-0.4, -0.2) is 54.6 Å². The van der Waals surface area contributed by atoms with Crippen LogP contribution in [0.15, 0.2) is 87.6 Å². The fourth-order valence-electron chi connectivity index (χ4n) is 6.23. The Bertz CT molecular complexity index is 1840. The first-order valence-corrected chi connectivity index (χ1v) is 15.9. The second-order valence-electron chi connectivity index (χ2n) is 11.8. The van der Waals surface area contributed by atoms with Crippen LogP contribution in [0.1, 0.15) is 47.4 Å². The molecule has 2 fully saturated rings. The van der Waals surface area contributed by atoms with Crippen molar-refractivity contribution in [3.63, 3.8) is 0 Å². The topological polar surface area (TPSA) is 112 Å². The number of para-hydroxylation sites is 1. The molecular weight excluding hydrogens is 606 g/mol. The molecule has 4 aromatic rings. The Hall–Kier alpha value is -4.76. The maximum atomic E-state index is 13.5. The van der Waals surface area contributed by atoms with Gasteiger partial charge in [0.1, 0.15) is 5.58 Å². The van der Waals surface area contributed by atoms with Gasteiger partial charge in [-0.1, -0.05) is 53.6 Å². The Morgan fingerprint density at radius 2 is 1.80 bits per heavy atom. The smallest absolute Gasteiger partial charge is 0.287 e. The molecule has 2 amide bonds. The van der Waals surface area contributed by atoms with Crippen LogP contribution in [0.25, 0.3) is 11.0 Å². The SMILES string of the molecule is COc1cc2oc(C(=O)N[C@H](C=C3CCN(c4ccccc4CN4CCCC4=O)CC3)Cc3ccc(Cl)cc3)cc(=O)c2cc1O. The molecule has 2 aliphatic heterocycles. The third-order valence-electron chi connectivity index (χ3n) is 8.65. The van der Waals surface area contributed by atoms with E-state index in [2.05, 4.69) is 28.4 Å². The van der Waals surface area contributed by atoms with E-state index in [-0.39, 0.29) is 40.2 Å². The number of phenols is 1. The van der Waals surface area contributed by atoms with Crippen LogP contribution in [-0.2, 0) is 17.8 Å². The van der Waals surface area contributed by atoms with Crippen molar-refractivity contribution in [3.8, 4) is 11.5 Å². The maximum absolute atomic E-state index is 13.5. The molecule has 0 spiro atoms. The molecule has 1 aromatic heterocycles. The van der Waals surface area contributed by atoms with Gasteiger partial charge in [-0.2, -0.15) is 0 Å². The van der Waals surface area contributed by atoms with Crippen molar-refractivity contribution in [1.82, 2.24) is 10.2 Å². The van der Waals surface area contributed by atoms with Gasteiger partial charge in [0, 0.05) is 55.4 Å². The first-order valence-electron chi connectivity index (χ1n) is 15.5. The number of rotatable bonds is 9. The number of ether oxygens (including phenoxy) is 1. The lowest BCUT2D eigenvalue weighted by Crippen LogP contribution is -2.37. The second-order valence-corrected chi connectivity index (χ2v) is 12.2. The summed E-state index contributed by atoms with van der Waals surface area (Å²) in [4.78, 5) is 42.9. The first kappa shape index (κ1) is 31.2. The van der Waals surface area contributed by atoms with Gasteiger partial charge in [-0.3, -0.25) is 14.4 Å². The molecule has 1 atom stereocenters. The second kappa shape index (κ2) is 13.7. The summed E-state index contributed by atoms with van der Waals surface area (Å²) in [5, 5.41) is 13.9. The molecule has 0 radical (unpaired) electrons. The number of hydrogen-bond donors (Lipinski definition) is 2. The van der Waals surface area contributed by atoms with Gasteiger partial charge in [-0.15, -0.1) is 0 Å². The summed E-state index contributed by atoms with van der Waals surface area (Å²) in [5.41, 5.74) is 4.23. The normalized spacial score (nSPS) is 15.7. The van der Waals surface area contributed by atoms with Gasteiger partial charge in [0.05, 0.1) is 18.5 Å². The van der Waals surface area contributed by atoms with Gasteiger partial charge in [0.15, 0.2) is 22.7 Å². The molecule has 3 heterocycles. The summed E-state index contributed by atoms with van der Waals surface area (Å²) < 4.78 is 11.0. The number of hydrogen-bond acceptors (Lipinski definition) is 7. The minimum Gasteiger partial charge on any atom is -0.504 e. The number of fused-ring (bicyclic) bond motifs is 1. The van der Waals surface area contributed by atoms with Gasteiger partial charge < -0.3 is 29.4 Å². The number of phenolic OH excluding ortho intramolecular Hbond substituents is 1. The number of aromatic hydroxyl groups is 1. The lowest BCUT2D eigenvalue weighted by atomic mass is 9.97. The molecule has 238 valence electrons. The van der Waals surface area contributed by atoms with Gasteiger partial charge in [-0.25, -0.2) is 0 Å². The van der Waals surface area contributed by atoms with Crippen LogP contribution in [0.4, 0.5) is 5.69 Å². The van der Waals surface area contributed by atoms with Crippen molar-refractivity contribution in [2.24, 2.45) is 0 Å². The molecule has 2 aliphatic rings. The molecule has 0 unspecified atom stereocenters. The summed E-state index contributed by atoms with van der Waals surface area (Å²) in [7, 11) is 1.39. The van der Waals surface area contributed by atoms with E-state index in [0.717, 1.165) is 61.8 Å². The van der Waals surface area contributed by atoms with Crippen molar-refractivity contribution < 1.29 is 23.8 Å². The largest absolute Gasteiger partial charge is 0.504 e. The quantitative estimate of drug-likeness (QED) is 0.221. The number of piperidine rings is 1. The Kier molecular flexibility index (Phi) is 9.30. The molecule has 2 saturated heterocycles. The van der Waals surface area contributed by atoms with Gasteiger partial charge in [-0.05, 0) is 61.1 Å². The van der Waals surface area contributed by atoms with E-state index in [4.69, 9.17) is 20.8 Å². The number of halogens is 1. The highest BCUT2D eigenvalue weighted by atomic mass is 35.5. The molecule has 9 nitrogen and oxygen atoms in total. The molecular formula is C36H36ClN3O6. The van der Waals surface area contributed by atoms with Gasteiger partial charge in [0.2, 0.25) is 5.91 Å². The molecule has 46 heavy (non-hydrogen) atoms. The summed E-state index contributed by atoms with van der Waals surface area (Å²) >= 11 is 6.12. The third-order valence-corrected chi connectivity index (χ3v) is 8.90. The van der Waals surface area contributed by atoms with Crippen LogP contribution < -0.4 is 20.4 Å². The average Bonchev–Trinajstić information content (AvgIpc) is 3.46. The number of carbonyl (C=O) groups is 2. The molecule has 0 aliphatic carbocycles. The number of methoxy groups -OCH3 is 1. The number of nitrogens with zero attached hydrogens (tertiary/aromatic N) is 2. The van der Waals surface area contributed by atoms with Crippen molar-refractivity contribution in [2.75, 3.05) is 31.6 Å². The zero-order chi connectivity index (χ0) is 32.2. The molecule has 2 N–H and O–H groups in total. The molecule has 0 bridgehead atoms. The highest BCUT2D eigenvalue weighted by Gasteiger charge is 2.24. The number of benzene rings is 3. The summed E-state index contributed by atoms with van der Waals surface area (Å²) in [6.07, 6.45) is 5.80. The minimum absolute atomic E-state index is 0.132. The van der Waals surface area contributed by atoms with Crippen LogP contribution in [0.2, 0.25) is 5.02 Å². The van der Waals surface area contributed by atoms with Crippen LogP contribution in [0.3, 0.4) is 0 Å². The first-order chi connectivity index (χ1) is 22.3. The van der Waals surface area contributed by atoms with E-state index < -0.39 is 11.3 Å².